The van der Waals surface area contributed by atoms with Crippen LogP contribution in [0.1, 0.15) is 33.1 Å². The summed E-state index contributed by atoms with van der Waals surface area (Å²) in [5.74, 6) is 2.02. The molecule has 0 aliphatic heterocycles. The zero-order valence-electron chi connectivity index (χ0n) is 10.8. The van der Waals surface area contributed by atoms with Gasteiger partial charge in [0.15, 0.2) is 11.7 Å². The van der Waals surface area contributed by atoms with Crippen LogP contribution in [0.5, 0.6) is 0 Å². The van der Waals surface area contributed by atoms with Crippen molar-refractivity contribution in [1.82, 2.24) is 4.98 Å². The molecule has 0 fully saturated rings. The van der Waals surface area contributed by atoms with Crippen molar-refractivity contribution in [2.75, 3.05) is 11.9 Å². The molecule has 0 aliphatic carbocycles. The molecule has 0 aromatic carbocycles. The molecule has 0 saturated heterocycles. The maximum absolute atomic E-state index is 11.4. The van der Waals surface area contributed by atoms with E-state index in [9.17, 15) is 4.79 Å². The second kappa shape index (κ2) is 6.27. The summed E-state index contributed by atoms with van der Waals surface area (Å²) >= 11 is 0. The molecule has 1 heterocycles. The monoisotopic (exact) mass is 240 g/mol. The van der Waals surface area contributed by atoms with Gasteiger partial charge in [-0.1, -0.05) is 20.8 Å². The Morgan fingerprint density at radius 1 is 1.53 bits per heavy atom. The minimum absolute atomic E-state index is 0.379. The van der Waals surface area contributed by atoms with Crippen molar-refractivity contribution in [2.24, 2.45) is 11.8 Å². The van der Waals surface area contributed by atoms with Crippen LogP contribution >= 0.6 is 0 Å². The van der Waals surface area contributed by atoms with Crippen LogP contribution in [-0.4, -0.2) is 17.7 Å². The van der Waals surface area contributed by atoms with Crippen LogP contribution in [0.3, 0.4) is 0 Å². The molecule has 1 aromatic heterocycles. The van der Waals surface area contributed by atoms with E-state index in [-0.39, 0.29) is 0 Å². The first-order chi connectivity index (χ1) is 7.99. The Hall–Kier alpha value is -1.52. The lowest BCUT2D eigenvalue weighted by molar-refractivity contribution is 0.150. The van der Waals surface area contributed by atoms with Crippen molar-refractivity contribution in [2.45, 2.75) is 34.1 Å². The zero-order chi connectivity index (χ0) is 12.8. The van der Waals surface area contributed by atoms with Gasteiger partial charge in [0, 0.05) is 6.92 Å². The summed E-state index contributed by atoms with van der Waals surface area (Å²) in [5, 5.41) is 2.50. The highest BCUT2D eigenvalue weighted by Crippen LogP contribution is 2.13. The normalized spacial score (nSPS) is 12.5. The molecule has 1 N–H and O–H groups in total. The van der Waals surface area contributed by atoms with Gasteiger partial charge >= 0.3 is 6.09 Å². The number of hydrogen-bond donors (Lipinski definition) is 1. The summed E-state index contributed by atoms with van der Waals surface area (Å²) < 4.78 is 10.0. The van der Waals surface area contributed by atoms with E-state index in [1.165, 1.54) is 6.26 Å². The number of hydrogen-bond acceptors (Lipinski definition) is 4. The Balaban J connectivity index is 2.22. The molecule has 1 rings (SSSR count). The van der Waals surface area contributed by atoms with Crippen molar-refractivity contribution in [3.05, 3.63) is 12.2 Å². The Morgan fingerprint density at radius 3 is 2.76 bits per heavy atom. The Kier molecular flexibility index (Phi) is 5.00. The van der Waals surface area contributed by atoms with E-state index in [2.05, 4.69) is 31.1 Å². The van der Waals surface area contributed by atoms with Crippen LogP contribution in [0.4, 0.5) is 10.6 Å². The molecule has 5 nitrogen and oxygen atoms in total. The van der Waals surface area contributed by atoms with Crippen LogP contribution in [0.2, 0.25) is 0 Å². The van der Waals surface area contributed by atoms with E-state index in [4.69, 9.17) is 9.15 Å². The van der Waals surface area contributed by atoms with Crippen molar-refractivity contribution >= 4 is 11.9 Å². The van der Waals surface area contributed by atoms with Crippen molar-refractivity contribution < 1.29 is 13.9 Å². The first kappa shape index (κ1) is 13.5. The fraction of sp³-hybridized carbons (Fsp3) is 0.667. The lowest BCUT2D eigenvalue weighted by Crippen LogP contribution is -2.16. The molecule has 0 aliphatic rings. The van der Waals surface area contributed by atoms with Gasteiger partial charge in [0.2, 0.25) is 0 Å². The minimum Gasteiger partial charge on any atom is -0.449 e. The summed E-state index contributed by atoms with van der Waals surface area (Å²) in [6.07, 6.45) is 1.75. The average Bonchev–Trinajstić information content (AvgIpc) is 2.63. The number of nitrogens with zero attached hydrogens (tertiary/aromatic N) is 1. The third-order valence-electron chi connectivity index (χ3n) is 2.79. The van der Waals surface area contributed by atoms with Crippen LogP contribution in [0.15, 0.2) is 10.7 Å². The van der Waals surface area contributed by atoms with E-state index in [1.54, 1.807) is 6.92 Å². The molecule has 17 heavy (non-hydrogen) atoms. The average molecular weight is 240 g/mol. The van der Waals surface area contributed by atoms with Gasteiger partial charge in [-0.2, -0.15) is 4.98 Å². The highest BCUT2D eigenvalue weighted by molar-refractivity contribution is 5.82. The number of oxazole rings is 1. The molecular formula is C12H20N2O3. The van der Waals surface area contributed by atoms with E-state index >= 15 is 0 Å². The van der Waals surface area contributed by atoms with Gasteiger partial charge in [-0.15, -0.1) is 0 Å². The highest BCUT2D eigenvalue weighted by atomic mass is 16.5. The summed E-state index contributed by atoms with van der Waals surface area (Å²) in [7, 11) is 0. The topological polar surface area (TPSA) is 64.4 Å². The predicted octanol–water partition coefficient (Wildman–Crippen LogP) is 3.21. The molecule has 0 radical (unpaired) electrons. The number of rotatable bonds is 5. The summed E-state index contributed by atoms with van der Waals surface area (Å²) in [4.78, 5) is 15.3. The molecule has 96 valence electrons. The van der Waals surface area contributed by atoms with E-state index in [1.807, 2.05) is 0 Å². The highest BCUT2D eigenvalue weighted by Gasteiger charge is 2.10. The molecule has 0 spiro atoms. The molecule has 1 atom stereocenters. The lowest BCUT2D eigenvalue weighted by Gasteiger charge is -2.14. The Labute approximate surface area is 102 Å². The molecule has 1 aromatic rings. The molecule has 0 bridgehead atoms. The predicted molar refractivity (Wildman–Crippen MR) is 64.8 cm³/mol. The number of aromatic nitrogens is 1. The van der Waals surface area contributed by atoms with Gasteiger partial charge < -0.3 is 9.15 Å². The molecule has 1 amide bonds. The number of carbonyl (C=O) groups is 1. The van der Waals surface area contributed by atoms with Gasteiger partial charge in [0.1, 0.15) is 6.26 Å². The van der Waals surface area contributed by atoms with Crippen molar-refractivity contribution in [1.29, 1.82) is 0 Å². The molecule has 0 saturated carbocycles. The van der Waals surface area contributed by atoms with Crippen molar-refractivity contribution in [3.63, 3.8) is 0 Å². The fourth-order valence-corrected chi connectivity index (χ4v) is 1.23. The number of carbonyl (C=O) groups excluding carboxylic acids is 1. The molecule has 0 unspecified atom stereocenters. The number of ether oxygens (including phenoxy) is 1. The third kappa shape index (κ3) is 4.89. The fourth-order valence-electron chi connectivity index (χ4n) is 1.23. The number of nitrogens with one attached hydrogen (secondary N) is 1. The van der Waals surface area contributed by atoms with E-state index in [0.29, 0.717) is 30.2 Å². The van der Waals surface area contributed by atoms with Crippen molar-refractivity contribution in [3.8, 4) is 0 Å². The minimum atomic E-state index is -0.491. The van der Waals surface area contributed by atoms with E-state index in [0.717, 1.165) is 6.42 Å². The Bertz CT molecular complexity index is 360. The largest absolute Gasteiger partial charge is 0.449 e. The standard InChI is InChI=1S/C12H20N2O3/c1-8(2)9(3)5-6-16-12(15)14-11-7-17-10(4)13-11/h7-9H,5-6H2,1-4H3,(H,14,15)/t9-/m1/s1. The smallest absolute Gasteiger partial charge is 0.412 e. The zero-order valence-corrected chi connectivity index (χ0v) is 10.8. The number of amides is 1. The van der Waals surface area contributed by atoms with E-state index < -0.39 is 6.09 Å². The van der Waals surface area contributed by atoms with Crippen LogP contribution in [-0.2, 0) is 4.74 Å². The maximum Gasteiger partial charge on any atom is 0.412 e. The first-order valence-corrected chi connectivity index (χ1v) is 5.85. The van der Waals surface area contributed by atoms with Crippen LogP contribution < -0.4 is 5.32 Å². The SMILES string of the molecule is Cc1nc(NC(=O)OCC[C@@H](C)C(C)C)co1. The quantitative estimate of drug-likeness (QED) is 0.858. The molecular weight excluding hydrogens is 220 g/mol. The maximum atomic E-state index is 11.4. The van der Waals surface area contributed by atoms with Gasteiger partial charge in [-0.3, -0.25) is 5.32 Å². The van der Waals surface area contributed by atoms with Gasteiger partial charge in [-0.25, -0.2) is 4.79 Å². The molecule has 5 heteroatoms. The lowest BCUT2D eigenvalue weighted by atomic mass is 9.95. The second-order valence-corrected chi connectivity index (χ2v) is 4.52. The van der Waals surface area contributed by atoms with Crippen LogP contribution in [0, 0.1) is 18.8 Å². The summed E-state index contributed by atoms with van der Waals surface area (Å²) in [5.41, 5.74) is 0. The first-order valence-electron chi connectivity index (χ1n) is 5.85. The number of anilines is 1. The second-order valence-electron chi connectivity index (χ2n) is 4.52. The van der Waals surface area contributed by atoms with Crippen LogP contribution in [0.25, 0.3) is 0 Å². The summed E-state index contributed by atoms with van der Waals surface area (Å²) in [6, 6.07) is 0. The van der Waals surface area contributed by atoms with Gasteiger partial charge in [0.05, 0.1) is 6.61 Å². The van der Waals surface area contributed by atoms with Gasteiger partial charge in [-0.05, 0) is 18.3 Å². The Morgan fingerprint density at radius 2 is 2.24 bits per heavy atom. The number of aryl methyl sites for hydroxylation is 1. The summed E-state index contributed by atoms with van der Waals surface area (Å²) in [6.45, 7) is 8.58. The third-order valence-corrected chi connectivity index (χ3v) is 2.79. The van der Waals surface area contributed by atoms with Gasteiger partial charge in [0.25, 0.3) is 0 Å².